The molecule has 0 aliphatic rings. The second-order valence-electron chi connectivity index (χ2n) is 11.4. The lowest BCUT2D eigenvalue weighted by Gasteiger charge is -2.29. The number of pyridine rings is 1. The predicted octanol–water partition coefficient (Wildman–Crippen LogP) is 4.19. The van der Waals surface area contributed by atoms with Gasteiger partial charge in [-0.15, -0.1) is 0 Å². The van der Waals surface area contributed by atoms with Gasteiger partial charge in [0.15, 0.2) is 0 Å². The molecule has 0 unspecified atom stereocenters. The van der Waals surface area contributed by atoms with Gasteiger partial charge in [-0.05, 0) is 69.6 Å². The van der Waals surface area contributed by atoms with E-state index in [1.807, 2.05) is 56.3 Å². The monoisotopic (exact) mass is 692 g/mol. The predicted molar refractivity (Wildman–Crippen MR) is 180 cm³/mol. The normalized spacial score (nSPS) is 13.5. The number of nitrogens with zero attached hydrogens (tertiary/aromatic N) is 1. The number of hydrogen-bond donors (Lipinski definition) is 5. The van der Waals surface area contributed by atoms with Gasteiger partial charge in [0.25, 0.3) is 5.91 Å². The Morgan fingerprint density at radius 1 is 0.761 bits per heavy atom. The van der Waals surface area contributed by atoms with Crippen molar-refractivity contribution in [3.05, 3.63) is 83.0 Å². The van der Waals surface area contributed by atoms with Gasteiger partial charge in [-0.2, -0.15) is 0 Å². The van der Waals surface area contributed by atoms with Gasteiger partial charge in [-0.1, -0.05) is 82.6 Å². The molecule has 0 radical (unpaired) electrons. The molecule has 0 saturated heterocycles. The third-order valence-electron chi connectivity index (χ3n) is 7.56. The van der Waals surface area contributed by atoms with Gasteiger partial charge in [0.2, 0.25) is 23.6 Å². The van der Waals surface area contributed by atoms with E-state index in [1.165, 1.54) is 0 Å². The molecule has 0 aliphatic heterocycles. The van der Waals surface area contributed by atoms with Crippen molar-refractivity contribution in [2.24, 2.45) is 17.6 Å². The Bertz CT molecular complexity index is 1520. The number of carbonyl (C=O) groups is 5. The van der Waals surface area contributed by atoms with Crippen LogP contribution in [0.2, 0.25) is 0 Å². The van der Waals surface area contributed by atoms with Gasteiger partial charge in [0.05, 0.1) is 0 Å². The van der Waals surface area contributed by atoms with Crippen LogP contribution >= 0.6 is 15.9 Å². The van der Waals surface area contributed by atoms with E-state index in [1.54, 1.807) is 44.2 Å². The minimum atomic E-state index is -1.14. The summed E-state index contributed by atoms with van der Waals surface area (Å²) >= 11 is 3.24. The molecule has 0 fully saturated rings. The average molecular weight is 694 g/mol. The second-order valence-corrected chi connectivity index (χ2v) is 12.2. The number of benzene rings is 2. The van der Waals surface area contributed by atoms with Gasteiger partial charge in [-0.25, -0.2) is 4.98 Å². The maximum Gasteiger partial charge on any atom is 0.251 e. The number of nitrogens with two attached hydrogens (primary N) is 1. The number of rotatable bonds is 15. The molecule has 1 aromatic heterocycles. The summed E-state index contributed by atoms with van der Waals surface area (Å²) in [4.78, 5) is 69.2. The molecule has 0 bridgehead atoms. The standard InChI is InChI=1S/C34H41BrN6O5/c1-5-21(4)30(41-31(43)24-16-14-23(15-17-24)22-10-7-6-8-11-22)34(46)40-29(20(2)3)33(45)37-25(18-19-27(36)42)32(44)39-28-13-9-12-26(35)38-28/h6-17,20-21,25,29-30H,5,18-19H2,1-4H3,(H2,36,42)(H,37,45)(H,40,46)(H,41,43)(H,38,39,44)/t21-,25-,29+,30-/m0/s1. The van der Waals surface area contributed by atoms with E-state index < -0.39 is 47.7 Å². The molecular formula is C34H41BrN6O5. The fourth-order valence-corrected chi connectivity index (χ4v) is 5.00. The van der Waals surface area contributed by atoms with E-state index in [4.69, 9.17) is 5.73 Å². The van der Waals surface area contributed by atoms with E-state index in [0.29, 0.717) is 16.6 Å². The summed E-state index contributed by atoms with van der Waals surface area (Å²) in [5.41, 5.74) is 7.68. The van der Waals surface area contributed by atoms with Gasteiger partial charge < -0.3 is 27.0 Å². The van der Waals surface area contributed by atoms with Crippen LogP contribution in [0.1, 0.15) is 57.3 Å². The van der Waals surface area contributed by atoms with Crippen molar-refractivity contribution < 1.29 is 24.0 Å². The first kappa shape index (κ1) is 35.9. The molecule has 11 nitrogen and oxygen atoms in total. The molecule has 0 spiro atoms. The Labute approximate surface area is 277 Å². The van der Waals surface area contributed by atoms with Crippen molar-refractivity contribution in [2.75, 3.05) is 5.32 Å². The first-order chi connectivity index (χ1) is 21.9. The van der Waals surface area contributed by atoms with Crippen LogP contribution in [-0.4, -0.2) is 52.6 Å². The Morgan fingerprint density at radius 2 is 1.39 bits per heavy atom. The molecular weight excluding hydrogens is 652 g/mol. The van der Waals surface area contributed by atoms with Crippen molar-refractivity contribution in [3.63, 3.8) is 0 Å². The van der Waals surface area contributed by atoms with Crippen LogP contribution in [0.5, 0.6) is 0 Å². The van der Waals surface area contributed by atoms with Gasteiger partial charge in [-0.3, -0.25) is 24.0 Å². The van der Waals surface area contributed by atoms with Crippen LogP contribution in [0.3, 0.4) is 0 Å². The number of anilines is 1. The van der Waals surface area contributed by atoms with E-state index >= 15 is 0 Å². The highest BCUT2D eigenvalue weighted by Gasteiger charge is 2.33. The van der Waals surface area contributed by atoms with Crippen molar-refractivity contribution in [3.8, 4) is 11.1 Å². The molecule has 3 aromatic rings. The summed E-state index contributed by atoms with van der Waals surface area (Å²) in [5, 5.41) is 10.9. The molecule has 46 heavy (non-hydrogen) atoms. The molecule has 2 aromatic carbocycles. The Morgan fingerprint density at radius 3 is 1.98 bits per heavy atom. The summed E-state index contributed by atoms with van der Waals surface area (Å²) in [7, 11) is 0. The number of carbonyl (C=O) groups excluding carboxylic acids is 5. The second kappa shape index (κ2) is 17.2. The summed E-state index contributed by atoms with van der Waals surface area (Å²) in [6.45, 7) is 7.24. The summed E-state index contributed by atoms with van der Waals surface area (Å²) < 4.78 is 0.498. The van der Waals surface area contributed by atoms with Crippen molar-refractivity contribution in [2.45, 2.75) is 65.1 Å². The molecule has 244 valence electrons. The lowest BCUT2D eigenvalue weighted by atomic mass is 9.95. The highest BCUT2D eigenvalue weighted by Crippen LogP contribution is 2.20. The van der Waals surface area contributed by atoms with Gasteiger partial charge in [0.1, 0.15) is 28.5 Å². The highest BCUT2D eigenvalue weighted by atomic mass is 79.9. The maximum absolute atomic E-state index is 13.6. The smallest absolute Gasteiger partial charge is 0.251 e. The first-order valence-corrected chi connectivity index (χ1v) is 16.0. The molecule has 0 saturated carbocycles. The number of hydrogen-bond acceptors (Lipinski definition) is 6. The Hall–Kier alpha value is -4.58. The highest BCUT2D eigenvalue weighted by molar-refractivity contribution is 9.10. The fourth-order valence-electron chi connectivity index (χ4n) is 4.66. The van der Waals surface area contributed by atoms with E-state index in [0.717, 1.165) is 11.1 Å². The zero-order valence-electron chi connectivity index (χ0n) is 26.4. The van der Waals surface area contributed by atoms with Crippen molar-refractivity contribution in [1.29, 1.82) is 0 Å². The maximum atomic E-state index is 13.6. The van der Waals surface area contributed by atoms with Crippen LogP contribution in [0.25, 0.3) is 11.1 Å². The van der Waals surface area contributed by atoms with Crippen molar-refractivity contribution in [1.82, 2.24) is 20.9 Å². The number of nitrogens with one attached hydrogen (secondary N) is 4. The average Bonchev–Trinajstić information content (AvgIpc) is 3.03. The Kier molecular flexibility index (Phi) is 13.4. The largest absolute Gasteiger partial charge is 0.370 e. The number of halogens is 1. The van der Waals surface area contributed by atoms with Crippen LogP contribution in [-0.2, 0) is 19.2 Å². The fraction of sp³-hybridized carbons (Fsp3) is 0.353. The minimum Gasteiger partial charge on any atom is -0.370 e. The van der Waals surface area contributed by atoms with Crippen molar-refractivity contribution >= 4 is 51.3 Å². The van der Waals surface area contributed by atoms with Crippen LogP contribution in [0.15, 0.2) is 77.4 Å². The first-order valence-electron chi connectivity index (χ1n) is 15.2. The SMILES string of the molecule is CC[C@H](C)[C@H](NC(=O)c1ccc(-c2ccccc2)cc1)C(=O)N[C@@H](C(=O)N[C@@H](CCC(N)=O)C(=O)Nc1cccc(Br)n1)C(C)C. The summed E-state index contributed by atoms with van der Waals surface area (Å²) in [6, 6.07) is 18.7. The Balaban J connectivity index is 1.73. The lowest BCUT2D eigenvalue weighted by Crippen LogP contribution is -2.59. The van der Waals surface area contributed by atoms with Crippen LogP contribution < -0.4 is 27.0 Å². The minimum absolute atomic E-state index is 0.0612. The van der Waals surface area contributed by atoms with Crippen LogP contribution in [0.4, 0.5) is 5.82 Å². The summed E-state index contributed by atoms with van der Waals surface area (Å²) in [5.74, 6) is -3.21. The molecule has 4 atom stereocenters. The van der Waals surface area contributed by atoms with E-state index in [2.05, 4.69) is 42.2 Å². The molecule has 3 rings (SSSR count). The zero-order valence-corrected chi connectivity index (χ0v) is 28.0. The molecule has 0 aliphatic carbocycles. The third-order valence-corrected chi connectivity index (χ3v) is 8.00. The molecule has 12 heteroatoms. The lowest BCUT2D eigenvalue weighted by molar-refractivity contribution is -0.133. The van der Waals surface area contributed by atoms with Gasteiger partial charge >= 0.3 is 0 Å². The number of primary amides is 1. The summed E-state index contributed by atoms with van der Waals surface area (Å²) in [6.07, 6.45) is 0.370. The topological polar surface area (TPSA) is 172 Å². The zero-order chi connectivity index (χ0) is 33.8. The number of amides is 5. The quantitative estimate of drug-likeness (QED) is 0.150. The van der Waals surface area contributed by atoms with E-state index in [-0.39, 0.29) is 30.5 Å². The van der Waals surface area contributed by atoms with E-state index in [9.17, 15) is 24.0 Å². The number of aromatic nitrogens is 1. The van der Waals surface area contributed by atoms with Crippen LogP contribution in [0, 0.1) is 11.8 Å². The molecule has 5 amide bonds. The third kappa shape index (κ3) is 10.5. The van der Waals surface area contributed by atoms with Gasteiger partial charge in [0, 0.05) is 12.0 Å². The molecule has 6 N–H and O–H groups in total. The molecule has 1 heterocycles.